The van der Waals surface area contributed by atoms with Crippen LogP contribution in [0, 0.1) is 16.6 Å². The summed E-state index contributed by atoms with van der Waals surface area (Å²) < 4.78 is 19.1. The normalized spacial score (nSPS) is 18.9. The second kappa shape index (κ2) is 5.92. The largest absolute Gasteiger partial charge is 0.384 e. The van der Waals surface area contributed by atoms with Crippen molar-refractivity contribution in [1.29, 1.82) is 5.41 Å². The van der Waals surface area contributed by atoms with Crippen LogP contribution in [0.5, 0.6) is 0 Å². The zero-order chi connectivity index (χ0) is 14.8. The summed E-state index contributed by atoms with van der Waals surface area (Å²) >= 11 is 0. The van der Waals surface area contributed by atoms with Crippen molar-refractivity contribution in [2.75, 3.05) is 0 Å². The van der Waals surface area contributed by atoms with Crippen molar-refractivity contribution in [3.63, 3.8) is 0 Å². The molecule has 1 aromatic rings. The highest BCUT2D eigenvalue weighted by atomic mass is 19.1. The average molecular weight is 278 g/mol. The van der Waals surface area contributed by atoms with Gasteiger partial charge in [-0.2, -0.15) is 0 Å². The van der Waals surface area contributed by atoms with Gasteiger partial charge in [0.15, 0.2) is 0 Å². The lowest BCUT2D eigenvalue weighted by molar-refractivity contribution is -0.00565. The summed E-state index contributed by atoms with van der Waals surface area (Å²) in [5.41, 5.74) is 7.12. The molecule has 3 N–H and O–H groups in total. The number of ether oxygens (including phenoxy) is 1. The number of nitrogen functional groups attached to an aromatic ring is 1. The van der Waals surface area contributed by atoms with Gasteiger partial charge in [0.1, 0.15) is 11.7 Å². The maximum Gasteiger partial charge on any atom is 0.123 e. The summed E-state index contributed by atoms with van der Waals surface area (Å²) in [6, 6.07) is 4.33. The van der Waals surface area contributed by atoms with Gasteiger partial charge in [-0.15, -0.1) is 0 Å². The van der Waals surface area contributed by atoms with Crippen LogP contribution in [-0.4, -0.2) is 11.9 Å². The van der Waals surface area contributed by atoms with Crippen molar-refractivity contribution in [3.05, 3.63) is 35.1 Å². The van der Waals surface area contributed by atoms with E-state index in [1.54, 1.807) is 6.07 Å². The number of hydrogen-bond donors (Lipinski definition) is 2. The Morgan fingerprint density at radius 1 is 1.40 bits per heavy atom. The highest BCUT2D eigenvalue weighted by Crippen LogP contribution is 2.36. The van der Waals surface area contributed by atoms with E-state index in [0.29, 0.717) is 17.6 Å². The van der Waals surface area contributed by atoms with Crippen molar-refractivity contribution >= 4 is 5.84 Å². The molecule has 1 fully saturated rings. The van der Waals surface area contributed by atoms with E-state index in [9.17, 15) is 4.39 Å². The summed E-state index contributed by atoms with van der Waals surface area (Å²) in [5, 5.41) is 7.50. The molecule has 0 amide bonds. The third kappa shape index (κ3) is 3.79. The molecule has 4 heteroatoms. The lowest BCUT2D eigenvalue weighted by Crippen LogP contribution is -2.26. The van der Waals surface area contributed by atoms with E-state index in [0.717, 1.165) is 18.4 Å². The Morgan fingerprint density at radius 2 is 2.05 bits per heavy atom. The number of amidine groups is 1. The highest BCUT2D eigenvalue weighted by Gasteiger charge is 2.27. The van der Waals surface area contributed by atoms with E-state index in [4.69, 9.17) is 15.9 Å². The maximum absolute atomic E-state index is 13.2. The van der Waals surface area contributed by atoms with Gasteiger partial charge in [-0.05, 0) is 48.8 Å². The van der Waals surface area contributed by atoms with E-state index >= 15 is 0 Å². The molecule has 0 atom stereocenters. The number of benzene rings is 1. The minimum Gasteiger partial charge on any atom is -0.384 e. The molecule has 0 aliphatic heterocycles. The van der Waals surface area contributed by atoms with Gasteiger partial charge in [-0.25, -0.2) is 4.39 Å². The van der Waals surface area contributed by atoms with Crippen molar-refractivity contribution in [3.8, 4) is 0 Å². The zero-order valence-electron chi connectivity index (χ0n) is 12.2. The van der Waals surface area contributed by atoms with Gasteiger partial charge in [-0.3, -0.25) is 5.41 Å². The number of rotatable bonds is 4. The summed E-state index contributed by atoms with van der Waals surface area (Å²) in [6.45, 7) is 4.97. The molecular weight excluding hydrogens is 255 g/mol. The quantitative estimate of drug-likeness (QED) is 0.653. The van der Waals surface area contributed by atoms with Gasteiger partial charge < -0.3 is 10.5 Å². The molecular formula is C16H23FN2O. The Labute approximate surface area is 119 Å². The number of halogens is 1. The monoisotopic (exact) mass is 278 g/mol. The Hall–Kier alpha value is -1.42. The first-order valence-corrected chi connectivity index (χ1v) is 7.12. The molecule has 0 saturated heterocycles. The van der Waals surface area contributed by atoms with Crippen LogP contribution in [-0.2, 0) is 11.3 Å². The molecule has 0 spiro atoms. The summed E-state index contributed by atoms with van der Waals surface area (Å²) in [7, 11) is 0. The Morgan fingerprint density at radius 3 is 2.65 bits per heavy atom. The van der Waals surface area contributed by atoms with Gasteiger partial charge in [0.2, 0.25) is 0 Å². The fourth-order valence-electron chi connectivity index (χ4n) is 2.67. The fraction of sp³-hybridized carbons (Fsp3) is 0.562. The molecule has 0 radical (unpaired) electrons. The summed E-state index contributed by atoms with van der Waals surface area (Å²) in [4.78, 5) is 0. The molecule has 2 rings (SSSR count). The average Bonchev–Trinajstić information content (AvgIpc) is 2.38. The van der Waals surface area contributed by atoms with Crippen molar-refractivity contribution in [2.45, 2.75) is 52.2 Å². The van der Waals surface area contributed by atoms with Gasteiger partial charge in [0, 0.05) is 5.56 Å². The lowest BCUT2D eigenvalue weighted by atomic mass is 9.76. The van der Waals surface area contributed by atoms with Crippen molar-refractivity contribution in [1.82, 2.24) is 0 Å². The minimum atomic E-state index is -0.377. The Kier molecular flexibility index (Phi) is 4.43. The van der Waals surface area contributed by atoms with E-state index in [1.807, 2.05) is 0 Å². The SMILES string of the molecule is CC1(C)CCC(OCc2ccc(F)cc2C(=N)N)CC1. The van der Waals surface area contributed by atoms with Gasteiger partial charge >= 0.3 is 0 Å². The van der Waals surface area contributed by atoms with Gasteiger partial charge in [0.05, 0.1) is 12.7 Å². The lowest BCUT2D eigenvalue weighted by Gasteiger charge is -2.34. The van der Waals surface area contributed by atoms with E-state index in [1.165, 1.54) is 25.0 Å². The van der Waals surface area contributed by atoms with Crippen LogP contribution in [0.15, 0.2) is 18.2 Å². The smallest absolute Gasteiger partial charge is 0.123 e. The van der Waals surface area contributed by atoms with E-state index in [-0.39, 0.29) is 17.8 Å². The molecule has 1 aromatic carbocycles. The van der Waals surface area contributed by atoms with Crippen LogP contribution in [0.2, 0.25) is 0 Å². The van der Waals surface area contributed by atoms with Crippen LogP contribution in [0.4, 0.5) is 4.39 Å². The number of nitrogens with one attached hydrogen (secondary N) is 1. The summed E-state index contributed by atoms with van der Waals surface area (Å²) in [5.74, 6) is -0.494. The predicted octanol–water partition coefficient (Wildman–Crippen LogP) is 3.60. The van der Waals surface area contributed by atoms with Crippen LogP contribution >= 0.6 is 0 Å². The first-order chi connectivity index (χ1) is 9.37. The van der Waals surface area contributed by atoms with Crippen LogP contribution in [0.25, 0.3) is 0 Å². The molecule has 110 valence electrons. The second-order valence-corrected chi connectivity index (χ2v) is 6.39. The molecule has 3 nitrogen and oxygen atoms in total. The van der Waals surface area contributed by atoms with Gasteiger partial charge in [0.25, 0.3) is 0 Å². The van der Waals surface area contributed by atoms with E-state index < -0.39 is 0 Å². The second-order valence-electron chi connectivity index (χ2n) is 6.39. The zero-order valence-corrected chi connectivity index (χ0v) is 12.2. The van der Waals surface area contributed by atoms with Gasteiger partial charge in [-0.1, -0.05) is 19.9 Å². The molecule has 0 unspecified atom stereocenters. The van der Waals surface area contributed by atoms with Crippen LogP contribution in [0.3, 0.4) is 0 Å². The van der Waals surface area contributed by atoms with Crippen LogP contribution in [0.1, 0.15) is 50.7 Å². The highest BCUT2D eigenvalue weighted by molar-refractivity contribution is 5.96. The maximum atomic E-state index is 13.2. The molecule has 0 aromatic heterocycles. The Bertz CT molecular complexity index is 489. The standard InChI is InChI=1S/C16H23FN2O/c1-16(2)7-5-13(6-8-16)20-10-11-3-4-12(17)9-14(11)15(18)19/h3-4,9,13H,5-8,10H2,1-2H3,(H3,18,19). The predicted molar refractivity (Wildman–Crippen MR) is 78.2 cm³/mol. The first-order valence-electron chi connectivity index (χ1n) is 7.12. The topological polar surface area (TPSA) is 59.1 Å². The molecule has 20 heavy (non-hydrogen) atoms. The third-order valence-electron chi connectivity index (χ3n) is 4.12. The summed E-state index contributed by atoms with van der Waals surface area (Å²) in [6.07, 6.45) is 4.71. The number of hydrogen-bond acceptors (Lipinski definition) is 2. The molecule has 1 aliphatic carbocycles. The third-order valence-corrected chi connectivity index (χ3v) is 4.12. The molecule has 0 heterocycles. The van der Waals surface area contributed by atoms with Crippen molar-refractivity contribution in [2.24, 2.45) is 11.1 Å². The number of nitrogens with two attached hydrogens (primary N) is 1. The molecule has 1 saturated carbocycles. The van der Waals surface area contributed by atoms with Crippen LogP contribution < -0.4 is 5.73 Å². The molecule has 0 bridgehead atoms. The molecule has 1 aliphatic rings. The van der Waals surface area contributed by atoms with Crippen molar-refractivity contribution < 1.29 is 9.13 Å². The minimum absolute atomic E-state index is 0.118. The fourth-order valence-corrected chi connectivity index (χ4v) is 2.67. The Balaban J connectivity index is 1.96. The first kappa shape index (κ1) is 15.0. The van der Waals surface area contributed by atoms with E-state index in [2.05, 4.69) is 13.8 Å².